The van der Waals surface area contributed by atoms with Crippen molar-refractivity contribution in [1.82, 2.24) is 9.80 Å². The van der Waals surface area contributed by atoms with Gasteiger partial charge in [0.2, 0.25) is 0 Å². The van der Waals surface area contributed by atoms with Gasteiger partial charge in [0.1, 0.15) is 5.60 Å². The van der Waals surface area contributed by atoms with Crippen LogP contribution in [-0.4, -0.2) is 60.7 Å². The maximum Gasteiger partial charge on any atom is 0.410 e. The molecule has 0 radical (unpaired) electrons. The lowest BCUT2D eigenvalue weighted by Crippen LogP contribution is -2.39. The van der Waals surface area contributed by atoms with E-state index in [4.69, 9.17) is 10.5 Å². The van der Waals surface area contributed by atoms with Gasteiger partial charge in [-0.05, 0) is 33.6 Å². The lowest BCUT2D eigenvalue weighted by Gasteiger charge is -2.24. The molecule has 6 nitrogen and oxygen atoms in total. The van der Waals surface area contributed by atoms with Gasteiger partial charge in [-0.2, -0.15) is 0 Å². The molecule has 21 heavy (non-hydrogen) atoms. The van der Waals surface area contributed by atoms with Gasteiger partial charge in [-0.25, -0.2) is 4.79 Å². The van der Waals surface area contributed by atoms with Gasteiger partial charge in [0, 0.05) is 26.7 Å². The highest BCUT2D eigenvalue weighted by Gasteiger charge is 2.19. The first-order valence-corrected chi connectivity index (χ1v) is 7.78. The van der Waals surface area contributed by atoms with Crippen LogP contribution in [-0.2, 0) is 4.74 Å². The Morgan fingerprint density at radius 3 is 2.33 bits per heavy atom. The van der Waals surface area contributed by atoms with Crippen LogP contribution in [0.1, 0.15) is 46.5 Å². The zero-order chi connectivity index (χ0) is 15.9. The number of guanidine groups is 1. The third-order valence-corrected chi connectivity index (χ3v) is 3.34. The van der Waals surface area contributed by atoms with Gasteiger partial charge in [0.05, 0.1) is 6.54 Å². The van der Waals surface area contributed by atoms with Crippen LogP contribution in [0, 0.1) is 0 Å². The number of amides is 1. The molecule has 1 amide bonds. The van der Waals surface area contributed by atoms with Crippen molar-refractivity contribution in [3.05, 3.63) is 0 Å². The number of hydrogen-bond acceptors (Lipinski definition) is 3. The van der Waals surface area contributed by atoms with E-state index in [-0.39, 0.29) is 6.09 Å². The zero-order valence-electron chi connectivity index (χ0n) is 13.9. The predicted molar refractivity (Wildman–Crippen MR) is 85.4 cm³/mol. The quantitative estimate of drug-likeness (QED) is 0.639. The smallest absolute Gasteiger partial charge is 0.410 e. The Morgan fingerprint density at radius 2 is 1.81 bits per heavy atom. The molecule has 1 heterocycles. The van der Waals surface area contributed by atoms with Gasteiger partial charge in [-0.15, -0.1) is 0 Å². The first-order chi connectivity index (χ1) is 9.79. The Kier molecular flexibility index (Phi) is 6.78. The molecule has 0 saturated carbocycles. The van der Waals surface area contributed by atoms with Gasteiger partial charge < -0.3 is 20.3 Å². The lowest BCUT2D eigenvalue weighted by molar-refractivity contribution is 0.0304. The van der Waals surface area contributed by atoms with Crippen LogP contribution >= 0.6 is 0 Å². The van der Waals surface area contributed by atoms with Gasteiger partial charge in [-0.1, -0.05) is 12.8 Å². The van der Waals surface area contributed by atoms with E-state index in [1.165, 1.54) is 30.6 Å². The molecule has 0 aromatic heterocycles. The molecule has 0 aliphatic carbocycles. The minimum atomic E-state index is -0.473. The van der Waals surface area contributed by atoms with Crippen molar-refractivity contribution in [2.45, 2.75) is 52.1 Å². The summed E-state index contributed by atoms with van der Waals surface area (Å²) in [5, 5.41) is 0. The van der Waals surface area contributed by atoms with Gasteiger partial charge in [0.25, 0.3) is 0 Å². The number of hydrogen-bond donors (Lipinski definition) is 1. The van der Waals surface area contributed by atoms with Crippen LogP contribution in [0.5, 0.6) is 0 Å². The number of nitrogens with two attached hydrogens (primary N) is 1. The van der Waals surface area contributed by atoms with Crippen LogP contribution in [0.3, 0.4) is 0 Å². The number of nitrogens with zero attached hydrogens (tertiary/aromatic N) is 3. The molecule has 1 fully saturated rings. The van der Waals surface area contributed by atoms with Crippen molar-refractivity contribution >= 4 is 12.1 Å². The van der Waals surface area contributed by atoms with Crippen molar-refractivity contribution in [3.8, 4) is 0 Å². The molecule has 1 aliphatic heterocycles. The Balaban J connectivity index is 2.36. The summed E-state index contributed by atoms with van der Waals surface area (Å²) in [6.07, 6.45) is 4.56. The highest BCUT2D eigenvalue weighted by atomic mass is 16.6. The molecule has 1 rings (SSSR count). The molecule has 6 heteroatoms. The molecule has 1 saturated heterocycles. The molecule has 2 N–H and O–H groups in total. The van der Waals surface area contributed by atoms with Crippen molar-refractivity contribution in [1.29, 1.82) is 0 Å². The topological polar surface area (TPSA) is 71.2 Å². The Morgan fingerprint density at radius 1 is 1.24 bits per heavy atom. The summed E-state index contributed by atoms with van der Waals surface area (Å²) < 4.78 is 5.29. The van der Waals surface area contributed by atoms with Gasteiger partial charge >= 0.3 is 6.09 Å². The molecule has 0 atom stereocenters. The summed E-state index contributed by atoms with van der Waals surface area (Å²) in [5.74, 6) is 0.592. The molecule has 0 spiro atoms. The van der Waals surface area contributed by atoms with E-state index in [0.29, 0.717) is 19.0 Å². The van der Waals surface area contributed by atoms with E-state index in [1.807, 2.05) is 20.8 Å². The Hall–Kier alpha value is -1.46. The van der Waals surface area contributed by atoms with E-state index < -0.39 is 5.60 Å². The maximum absolute atomic E-state index is 11.8. The van der Waals surface area contributed by atoms with Crippen LogP contribution in [0.25, 0.3) is 0 Å². The van der Waals surface area contributed by atoms with E-state index in [0.717, 1.165) is 13.1 Å². The summed E-state index contributed by atoms with van der Waals surface area (Å²) in [6.45, 7) is 8.53. The average Bonchev–Trinajstić information content (AvgIpc) is 2.65. The lowest BCUT2D eigenvalue weighted by atomic mass is 10.2. The second kappa shape index (κ2) is 8.10. The highest BCUT2D eigenvalue weighted by Crippen LogP contribution is 2.10. The molecule has 0 aromatic carbocycles. The fourth-order valence-corrected chi connectivity index (χ4v) is 2.15. The molecule has 0 aromatic rings. The first kappa shape index (κ1) is 17.6. The first-order valence-electron chi connectivity index (χ1n) is 7.78. The number of carbonyl (C=O) groups is 1. The maximum atomic E-state index is 11.8. The predicted octanol–water partition coefficient (Wildman–Crippen LogP) is 2.04. The van der Waals surface area contributed by atoms with Gasteiger partial charge in [-0.3, -0.25) is 4.99 Å². The standard InChI is InChI=1S/C15H30N4O2/c1-15(2,3)21-14(20)18(4)12-9-17-13(16)19-10-7-5-6-8-11-19/h5-12H2,1-4H3,(H2,16,17). The Bertz CT molecular complexity index is 355. The molecule has 0 unspecified atom stereocenters. The molecular weight excluding hydrogens is 268 g/mol. The van der Waals surface area contributed by atoms with Crippen LogP contribution < -0.4 is 5.73 Å². The van der Waals surface area contributed by atoms with Gasteiger partial charge in [0.15, 0.2) is 5.96 Å². The monoisotopic (exact) mass is 298 g/mol. The van der Waals surface area contributed by atoms with Crippen LogP contribution in [0.2, 0.25) is 0 Å². The summed E-state index contributed by atoms with van der Waals surface area (Å²) in [4.78, 5) is 19.8. The fourth-order valence-electron chi connectivity index (χ4n) is 2.15. The largest absolute Gasteiger partial charge is 0.444 e. The molecule has 122 valence electrons. The number of rotatable bonds is 3. The zero-order valence-corrected chi connectivity index (χ0v) is 13.9. The van der Waals surface area contributed by atoms with Crippen molar-refractivity contribution in [2.24, 2.45) is 10.7 Å². The average molecular weight is 298 g/mol. The number of likely N-dealkylation sites (tertiary alicyclic amines) is 1. The van der Waals surface area contributed by atoms with Crippen LogP contribution in [0.4, 0.5) is 4.79 Å². The van der Waals surface area contributed by atoms with Crippen molar-refractivity contribution < 1.29 is 9.53 Å². The fraction of sp³-hybridized carbons (Fsp3) is 0.867. The molecular formula is C15H30N4O2. The highest BCUT2D eigenvalue weighted by molar-refractivity contribution is 5.78. The third-order valence-electron chi connectivity index (χ3n) is 3.34. The van der Waals surface area contributed by atoms with E-state index in [9.17, 15) is 4.79 Å². The minimum Gasteiger partial charge on any atom is -0.444 e. The normalized spacial score (nSPS) is 17.3. The third kappa shape index (κ3) is 7.20. The summed E-state index contributed by atoms with van der Waals surface area (Å²) in [6, 6.07) is 0. The number of aliphatic imine (C=N–C) groups is 1. The number of likely N-dealkylation sites (N-methyl/N-ethyl adjacent to an activating group) is 1. The second-order valence-electron chi connectivity index (χ2n) is 6.54. The number of carbonyl (C=O) groups excluding carboxylic acids is 1. The van der Waals surface area contributed by atoms with E-state index in [1.54, 1.807) is 7.05 Å². The SMILES string of the molecule is CN(CCN=C(N)N1CCCCCC1)C(=O)OC(C)(C)C. The molecule has 1 aliphatic rings. The van der Waals surface area contributed by atoms with E-state index in [2.05, 4.69) is 9.89 Å². The van der Waals surface area contributed by atoms with Crippen LogP contribution in [0.15, 0.2) is 4.99 Å². The van der Waals surface area contributed by atoms with Crippen molar-refractivity contribution in [3.63, 3.8) is 0 Å². The number of ether oxygens (including phenoxy) is 1. The van der Waals surface area contributed by atoms with E-state index >= 15 is 0 Å². The summed E-state index contributed by atoms with van der Waals surface area (Å²) in [7, 11) is 1.71. The summed E-state index contributed by atoms with van der Waals surface area (Å²) in [5.41, 5.74) is 5.55. The Labute approximate surface area is 128 Å². The second-order valence-corrected chi connectivity index (χ2v) is 6.54. The molecule has 0 bridgehead atoms. The summed E-state index contributed by atoms with van der Waals surface area (Å²) >= 11 is 0. The minimum absolute atomic E-state index is 0.328. The van der Waals surface area contributed by atoms with Crippen molar-refractivity contribution in [2.75, 3.05) is 33.2 Å².